The molecule has 1 aromatic heterocycles. The predicted octanol–water partition coefficient (Wildman–Crippen LogP) is -3.33. The molecule has 1 heterocycles. The average Bonchev–Trinajstić information content (AvgIpc) is 2.37. The van der Waals surface area contributed by atoms with Gasteiger partial charge in [0.15, 0.2) is 11.6 Å². The van der Waals surface area contributed by atoms with Crippen molar-refractivity contribution in [2.75, 3.05) is 0 Å². The zero-order chi connectivity index (χ0) is 18.4. The number of nitrogens with zero attached hydrogens (tertiary/aromatic N) is 2. The van der Waals surface area contributed by atoms with Crippen molar-refractivity contribution < 1.29 is 73.4 Å². The predicted molar refractivity (Wildman–Crippen MR) is 85.0 cm³/mol. The molecule has 11 heteroatoms. The summed E-state index contributed by atoms with van der Waals surface area (Å²) in [6.45, 7) is 5.39. The number of carboxylic acid groups (broad SMARTS) is 1. The number of carboxylic acids is 1. The van der Waals surface area contributed by atoms with Gasteiger partial charge in [-0.25, -0.2) is 0 Å². The van der Waals surface area contributed by atoms with E-state index >= 15 is 0 Å². The van der Waals surface area contributed by atoms with Crippen molar-refractivity contribution in [3.05, 3.63) is 48.0 Å². The molecular weight excluding hydrogens is 425 g/mol. The third-order valence-corrected chi connectivity index (χ3v) is 1.59. The van der Waals surface area contributed by atoms with Gasteiger partial charge < -0.3 is 31.1 Å². The number of rotatable bonds is 3. The standard InChI is InChI=1S/C5H4N2O2.2C5H8O2.2H2O.Y/c8-5(9)4-3-6-1-2-7-4;2*1-4(6)3-5(2)7;;;/h1-3H,(H,8,9);2*3,6H,1-2H3;2*1H2;/q;;;;;+3/p-1/b;2*4-3-;;;. The molecule has 10 nitrogen and oxygen atoms in total. The first-order chi connectivity index (χ1) is 10.6. The van der Waals surface area contributed by atoms with Crippen LogP contribution >= 0.6 is 0 Å². The Kier molecular flexibility index (Phi) is 28.5. The smallest absolute Gasteiger partial charge is 0.876 e. The molecule has 0 amide bonds. The Labute approximate surface area is 176 Å². The molecule has 0 aliphatic heterocycles. The molecular formula is C15H23N2O8Y+2. The molecule has 0 radical (unpaired) electrons. The Morgan fingerprint density at radius 1 is 0.846 bits per heavy atom. The number of aromatic nitrogens is 2. The Bertz CT molecular complexity index is 553. The SMILES string of the molecule is CC(=O)/C=C(/C)[O-].CC(=O)/C=C(/C)[O-].O=C([O-])c1cnccn1.[OH3+].[OH3+].[Y+3]. The number of hydrogen-bond donors (Lipinski definition) is 0. The summed E-state index contributed by atoms with van der Waals surface area (Å²) in [4.78, 5) is 36.9. The van der Waals surface area contributed by atoms with Gasteiger partial charge >= 0.3 is 32.7 Å². The van der Waals surface area contributed by atoms with Gasteiger partial charge in [-0.3, -0.25) is 19.6 Å². The zero-order valence-electron chi connectivity index (χ0n) is 15.0. The second-order valence-electron chi connectivity index (χ2n) is 4.11. The molecule has 0 unspecified atom stereocenters. The van der Waals surface area contributed by atoms with E-state index in [-0.39, 0.29) is 72.4 Å². The van der Waals surface area contributed by atoms with E-state index in [1.54, 1.807) is 0 Å². The van der Waals surface area contributed by atoms with E-state index in [0.717, 1.165) is 18.3 Å². The van der Waals surface area contributed by atoms with Crippen LogP contribution in [0, 0.1) is 0 Å². The minimum atomic E-state index is -1.30. The van der Waals surface area contributed by atoms with Gasteiger partial charge in [-0.15, -0.1) is 11.5 Å². The number of carbonyl (C=O) groups excluding carboxylic acids is 3. The minimum absolute atomic E-state index is 0. The molecule has 0 saturated heterocycles. The Morgan fingerprint density at radius 3 is 1.35 bits per heavy atom. The van der Waals surface area contributed by atoms with Crippen LogP contribution in [0.1, 0.15) is 38.2 Å². The average molecular weight is 448 g/mol. The molecule has 0 aliphatic rings. The molecule has 6 N–H and O–H groups in total. The van der Waals surface area contributed by atoms with Crippen LogP contribution in [0.2, 0.25) is 0 Å². The summed E-state index contributed by atoms with van der Waals surface area (Å²) in [7, 11) is 0. The van der Waals surface area contributed by atoms with Gasteiger partial charge in [0, 0.05) is 12.4 Å². The van der Waals surface area contributed by atoms with Crippen molar-refractivity contribution in [2.45, 2.75) is 27.7 Å². The largest absolute Gasteiger partial charge is 3.00 e. The van der Waals surface area contributed by atoms with Crippen molar-refractivity contribution >= 4 is 17.5 Å². The summed E-state index contributed by atoms with van der Waals surface area (Å²) < 4.78 is 0. The van der Waals surface area contributed by atoms with Crippen LogP contribution in [0.3, 0.4) is 0 Å². The number of ketones is 2. The van der Waals surface area contributed by atoms with Gasteiger partial charge in [0.05, 0.1) is 12.2 Å². The summed E-state index contributed by atoms with van der Waals surface area (Å²) in [5, 5.41) is 29.9. The first-order valence-corrected chi connectivity index (χ1v) is 6.25. The number of allylic oxidation sites excluding steroid dienone is 4. The maximum absolute atomic E-state index is 9.99. The van der Waals surface area contributed by atoms with Crippen molar-refractivity contribution in [2.24, 2.45) is 0 Å². The molecule has 0 aliphatic carbocycles. The number of aromatic carboxylic acids is 1. The zero-order valence-corrected chi connectivity index (χ0v) is 17.8. The molecule has 0 fully saturated rings. The summed E-state index contributed by atoms with van der Waals surface area (Å²) in [5.41, 5.74) is -0.141. The molecule has 1 aromatic rings. The fourth-order valence-electron chi connectivity index (χ4n) is 0.977. The first-order valence-electron chi connectivity index (χ1n) is 6.25. The van der Waals surface area contributed by atoms with E-state index in [1.165, 1.54) is 40.1 Å². The summed E-state index contributed by atoms with van der Waals surface area (Å²) in [6, 6.07) is 0. The third kappa shape index (κ3) is 29.9. The Balaban J connectivity index is -0.0000000813. The van der Waals surface area contributed by atoms with Gasteiger partial charge in [-0.05, 0) is 26.0 Å². The summed E-state index contributed by atoms with van der Waals surface area (Å²) in [6.07, 6.45) is 5.94. The van der Waals surface area contributed by atoms with E-state index in [2.05, 4.69) is 9.97 Å². The van der Waals surface area contributed by atoms with Gasteiger partial charge in [-0.2, -0.15) is 0 Å². The molecule has 0 bridgehead atoms. The van der Waals surface area contributed by atoms with Crippen molar-refractivity contribution in [3.63, 3.8) is 0 Å². The van der Waals surface area contributed by atoms with Crippen LogP contribution in [0.5, 0.6) is 0 Å². The van der Waals surface area contributed by atoms with Crippen LogP contribution in [0.15, 0.2) is 42.3 Å². The van der Waals surface area contributed by atoms with Crippen LogP contribution < -0.4 is 15.3 Å². The van der Waals surface area contributed by atoms with Crippen LogP contribution in [-0.4, -0.2) is 27.5 Å². The fourth-order valence-corrected chi connectivity index (χ4v) is 0.977. The maximum Gasteiger partial charge on any atom is 3.00 e. The van der Waals surface area contributed by atoms with Gasteiger partial charge in [0.25, 0.3) is 0 Å². The van der Waals surface area contributed by atoms with E-state index in [4.69, 9.17) is 0 Å². The molecule has 142 valence electrons. The van der Waals surface area contributed by atoms with Gasteiger partial charge in [0.1, 0.15) is 5.69 Å². The number of hydrogen-bond acceptors (Lipinski definition) is 8. The second kappa shape index (κ2) is 21.0. The quantitative estimate of drug-likeness (QED) is 0.258. The Hall–Kier alpha value is -2.01. The van der Waals surface area contributed by atoms with E-state index in [1.807, 2.05) is 0 Å². The van der Waals surface area contributed by atoms with E-state index in [9.17, 15) is 29.7 Å². The Morgan fingerprint density at radius 2 is 1.23 bits per heavy atom. The van der Waals surface area contributed by atoms with Crippen LogP contribution in [-0.2, 0) is 53.3 Å². The van der Waals surface area contributed by atoms with E-state index < -0.39 is 5.97 Å². The second-order valence-corrected chi connectivity index (χ2v) is 4.11. The van der Waals surface area contributed by atoms with Crippen molar-refractivity contribution in [1.82, 2.24) is 9.97 Å². The normalized spacial score (nSPS) is 9.23. The molecule has 26 heavy (non-hydrogen) atoms. The van der Waals surface area contributed by atoms with Gasteiger partial charge in [-0.1, -0.05) is 13.8 Å². The van der Waals surface area contributed by atoms with Crippen molar-refractivity contribution in [3.8, 4) is 0 Å². The number of carbonyl (C=O) groups is 3. The topological polar surface area (TPSA) is 212 Å². The molecule has 1 rings (SSSR count). The first kappa shape index (κ1) is 35.2. The molecule has 0 atom stereocenters. The molecule has 0 aromatic carbocycles. The molecule has 0 saturated carbocycles. The fraction of sp³-hybridized carbons (Fsp3) is 0.267. The van der Waals surface area contributed by atoms with Crippen LogP contribution in [0.25, 0.3) is 0 Å². The third-order valence-electron chi connectivity index (χ3n) is 1.59. The van der Waals surface area contributed by atoms with Crippen LogP contribution in [0.4, 0.5) is 0 Å². The molecule has 0 spiro atoms. The summed E-state index contributed by atoms with van der Waals surface area (Å²) >= 11 is 0. The van der Waals surface area contributed by atoms with Gasteiger partial charge in [0.2, 0.25) is 0 Å². The minimum Gasteiger partial charge on any atom is -0.876 e. The van der Waals surface area contributed by atoms with E-state index in [0.29, 0.717) is 0 Å². The monoisotopic (exact) mass is 448 g/mol. The van der Waals surface area contributed by atoms with Crippen molar-refractivity contribution in [1.29, 1.82) is 0 Å². The summed E-state index contributed by atoms with van der Waals surface area (Å²) in [5.74, 6) is -2.05. The maximum atomic E-state index is 9.99.